The largest absolute Gasteiger partial charge is 0.463 e. The molecule has 0 aliphatic rings. The summed E-state index contributed by atoms with van der Waals surface area (Å²) in [5.41, 5.74) is 0.580. The number of hydrogen-bond acceptors (Lipinski definition) is 5. The molecule has 0 aromatic heterocycles. The van der Waals surface area contributed by atoms with Gasteiger partial charge in [-0.2, -0.15) is 0 Å². The number of hydrogen-bond donors (Lipinski definition) is 0. The van der Waals surface area contributed by atoms with Gasteiger partial charge in [0.1, 0.15) is 0 Å². The highest BCUT2D eigenvalue weighted by molar-refractivity contribution is 5.88. The molecular formula is C14H25NO4. The molecule has 0 amide bonds. The fourth-order valence-corrected chi connectivity index (χ4v) is 1.30. The maximum absolute atomic E-state index is 11.4. The Kier molecular flexibility index (Phi) is 10.9. The smallest absolute Gasteiger partial charge is 0.333 e. The minimum Gasteiger partial charge on any atom is -0.463 e. The Bertz CT molecular complexity index is 292. The van der Waals surface area contributed by atoms with E-state index in [0.29, 0.717) is 25.4 Å². The van der Waals surface area contributed by atoms with Crippen LogP contribution in [-0.4, -0.2) is 58.0 Å². The Morgan fingerprint density at radius 1 is 1.16 bits per heavy atom. The second-order valence-corrected chi connectivity index (χ2v) is 3.93. The third-order valence-corrected chi connectivity index (χ3v) is 2.41. The zero-order valence-electron chi connectivity index (χ0n) is 12.3. The van der Waals surface area contributed by atoms with Gasteiger partial charge in [-0.25, -0.2) is 4.79 Å². The van der Waals surface area contributed by atoms with Gasteiger partial charge in [-0.15, -0.1) is 0 Å². The van der Waals surface area contributed by atoms with Gasteiger partial charge in [0.15, 0.2) is 0 Å². The average Bonchev–Trinajstić information content (AvgIpc) is 2.41. The van der Waals surface area contributed by atoms with Crippen LogP contribution in [0.1, 0.15) is 13.8 Å². The second kappa shape index (κ2) is 11.7. The van der Waals surface area contributed by atoms with Crippen LogP contribution in [0.15, 0.2) is 23.9 Å². The van der Waals surface area contributed by atoms with E-state index >= 15 is 0 Å². The van der Waals surface area contributed by atoms with Crippen molar-refractivity contribution < 1.29 is 19.0 Å². The van der Waals surface area contributed by atoms with Gasteiger partial charge in [-0.05, 0) is 26.1 Å². The summed E-state index contributed by atoms with van der Waals surface area (Å²) in [4.78, 5) is 13.5. The Morgan fingerprint density at radius 2 is 1.74 bits per heavy atom. The molecule has 110 valence electrons. The van der Waals surface area contributed by atoms with Crippen LogP contribution >= 0.6 is 0 Å². The van der Waals surface area contributed by atoms with Crippen molar-refractivity contribution in [3.05, 3.63) is 23.9 Å². The fraction of sp³-hybridized carbons (Fsp3) is 0.643. The molecule has 0 aromatic carbocycles. The molecule has 0 unspecified atom stereocenters. The van der Waals surface area contributed by atoms with E-state index in [9.17, 15) is 4.79 Å². The van der Waals surface area contributed by atoms with Crippen LogP contribution in [0.25, 0.3) is 0 Å². The molecule has 0 aromatic rings. The van der Waals surface area contributed by atoms with Gasteiger partial charge >= 0.3 is 5.97 Å². The monoisotopic (exact) mass is 271 g/mol. The Balaban J connectivity index is 4.34. The van der Waals surface area contributed by atoms with Crippen LogP contribution in [0.4, 0.5) is 0 Å². The molecule has 0 aliphatic carbocycles. The van der Waals surface area contributed by atoms with Crippen molar-refractivity contribution in [2.45, 2.75) is 13.8 Å². The molecule has 0 saturated carbocycles. The van der Waals surface area contributed by atoms with Crippen molar-refractivity contribution in [1.29, 1.82) is 0 Å². The Hall–Kier alpha value is -1.33. The molecule has 0 radical (unpaired) electrons. The first-order chi connectivity index (χ1) is 9.15. The first kappa shape index (κ1) is 17.7. The summed E-state index contributed by atoms with van der Waals surface area (Å²) in [6, 6.07) is 0. The van der Waals surface area contributed by atoms with Crippen molar-refractivity contribution in [3.63, 3.8) is 0 Å². The number of nitrogens with zero attached hydrogens (tertiary/aromatic N) is 1. The number of allylic oxidation sites excluding steroid dienone is 2. The zero-order chi connectivity index (χ0) is 14.5. The molecular weight excluding hydrogens is 246 g/mol. The minimum absolute atomic E-state index is 0.285. The van der Waals surface area contributed by atoms with E-state index < -0.39 is 0 Å². The number of carbonyl (C=O) groups excluding carboxylic acids is 1. The van der Waals surface area contributed by atoms with E-state index in [-0.39, 0.29) is 5.97 Å². The summed E-state index contributed by atoms with van der Waals surface area (Å²) in [5.74, 6) is -0.285. The first-order valence-electron chi connectivity index (χ1n) is 6.39. The van der Waals surface area contributed by atoms with Crippen molar-refractivity contribution in [2.24, 2.45) is 0 Å². The Labute approximate surface area is 115 Å². The minimum atomic E-state index is -0.285. The zero-order valence-corrected chi connectivity index (χ0v) is 12.3. The van der Waals surface area contributed by atoms with E-state index in [1.807, 2.05) is 12.3 Å². The van der Waals surface area contributed by atoms with E-state index in [4.69, 9.17) is 14.2 Å². The van der Waals surface area contributed by atoms with Crippen molar-refractivity contribution in [3.8, 4) is 0 Å². The van der Waals surface area contributed by atoms with Gasteiger partial charge in [0, 0.05) is 32.9 Å². The van der Waals surface area contributed by atoms with Crippen LogP contribution in [0.3, 0.4) is 0 Å². The number of methoxy groups -OCH3 is 2. The molecule has 5 heteroatoms. The number of carbonyl (C=O) groups is 1. The molecule has 0 heterocycles. The first-order valence-corrected chi connectivity index (χ1v) is 6.39. The van der Waals surface area contributed by atoms with E-state index in [0.717, 1.165) is 13.1 Å². The third-order valence-electron chi connectivity index (χ3n) is 2.41. The van der Waals surface area contributed by atoms with Crippen molar-refractivity contribution >= 4 is 5.97 Å². The molecule has 0 aliphatic heterocycles. The SMILES string of the molecule is CCOC(=O)/C(C)=C/C=C/N(CCOC)CCOC. The lowest BCUT2D eigenvalue weighted by Crippen LogP contribution is -2.25. The third kappa shape index (κ3) is 9.27. The predicted molar refractivity (Wildman–Crippen MR) is 74.9 cm³/mol. The lowest BCUT2D eigenvalue weighted by molar-refractivity contribution is -0.138. The second-order valence-electron chi connectivity index (χ2n) is 3.93. The molecule has 0 fully saturated rings. The topological polar surface area (TPSA) is 48.0 Å². The van der Waals surface area contributed by atoms with Gasteiger partial charge in [0.2, 0.25) is 0 Å². The number of ether oxygens (including phenoxy) is 3. The highest BCUT2D eigenvalue weighted by Crippen LogP contribution is 1.98. The van der Waals surface area contributed by atoms with Crippen LogP contribution in [-0.2, 0) is 19.0 Å². The maximum atomic E-state index is 11.4. The normalized spacial score (nSPS) is 11.9. The van der Waals surface area contributed by atoms with E-state index in [1.54, 1.807) is 34.1 Å². The molecule has 0 saturated heterocycles. The van der Waals surface area contributed by atoms with Gasteiger partial charge in [-0.1, -0.05) is 6.08 Å². The molecule has 0 spiro atoms. The molecule has 0 atom stereocenters. The highest BCUT2D eigenvalue weighted by Gasteiger charge is 2.02. The summed E-state index contributed by atoms with van der Waals surface area (Å²) in [5, 5.41) is 0. The predicted octanol–water partition coefficient (Wildman–Crippen LogP) is 1.60. The standard InChI is InChI=1S/C14H25NO4/c1-5-19-14(16)13(2)7-6-8-15(9-11-17-3)10-12-18-4/h6-8H,5,9-12H2,1-4H3/b8-6+,13-7+. The van der Waals surface area contributed by atoms with Crippen molar-refractivity contribution in [1.82, 2.24) is 4.90 Å². The van der Waals surface area contributed by atoms with Crippen molar-refractivity contribution in [2.75, 3.05) is 47.1 Å². The summed E-state index contributed by atoms with van der Waals surface area (Å²) >= 11 is 0. The summed E-state index contributed by atoms with van der Waals surface area (Å²) in [7, 11) is 3.34. The summed E-state index contributed by atoms with van der Waals surface area (Å²) < 4.78 is 15.0. The molecule has 0 rings (SSSR count). The van der Waals surface area contributed by atoms with Gasteiger partial charge in [0.25, 0.3) is 0 Å². The summed E-state index contributed by atoms with van der Waals surface area (Å²) in [6.07, 6.45) is 5.49. The molecule has 19 heavy (non-hydrogen) atoms. The maximum Gasteiger partial charge on any atom is 0.333 e. The van der Waals surface area contributed by atoms with Gasteiger partial charge in [0.05, 0.1) is 19.8 Å². The Morgan fingerprint density at radius 3 is 2.21 bits per heavy atom. The highest BCUT2D eigenvalue weighted by atomic mass is 16.5. The van der Waals surface area contributed by atoms with Crippen LogP contribution < -0.4 is 0 Å². The molecule has 5 nitrogen and oxygen atoms in total. The van der Waals surface area contributed by atoms with Crippen LogP contribution in [0.5, 0.6) is 0 Å². The van der Waals surface area contributed by atoms with E-state index in [1.165, 1.54) is 0 Å². The average molecular weight is 271 g/mol. The van der Waals surface area contributed by atoms with Crippen LogP contribution in [0, 0.1) is 0 Å². The lowest BCUT2D eigenvalue weighted by atomic mass is 10.3. The quantitative estimate of drug-likeness (QED) is 0.343. The molecule has 0 bridgehead atoms. The van der Waals surface area contributed by atoms with Crippen LogP contribution in [0.2, 0.25) is 0 Å². The number of rotatable bonds is 10. The van der Waals surface area contributed by atoms with Gasteiger partial charge < -0.3 is 19.1 Å². The fourth-order valence-electron chi connectivity index (χ4n) is 1.30. The molecule has 0 N–H and O–H groups in total. The lowest BCUT2D eigenvalue weighted by Gasteiger charge is -2.19. The number of esters is 1. The van der Waals surface area contributed by atoms with E-state index in [2.05, 4.69) is 4.90 Å². The summed E-state index contributed by atoms with van der Waals surface area (Å²) in [6.45, 7) is 6.77. The van der Waals surface area contributed by atoms with Gasteiger partial charge in [-0.3, -0.25) is 0 Å².